The molecule has 0 saturated heterocycles. The van der Waals surface area contributed by atoms with Gasteiger partial charge in [0.1, 0.15) is 12.2 Å². The largest absolute Gasteiger partial charge is 0.481 e. The predicted octanol–water partition coefficient (Wildman–Crippen LogP) is -2.06. The van der Waals surface area contributed by atoms with Crippen molar-refractivity contribution in [2.24, 2.45) is 5.92 Å². The molecule has 11 nitrogen and oxygen atoms in total. The minimum absolute atomic E-state index is 0.0104. The summed E-state index contributed by atoms with van der Waals surface area (Å²) in [5, 5.41) is 49.2. The molecular formula is C18H38N2O9. The second-order valence-corrected chi connectivity index (χ2v) is 6.34. The molecule has 1 amide bonds. The van der Waals surface area contributed by atoms with Gasteiger partial charge in [0.15, 0.2) is 0 Å². The maximum Gasteiger partial charge on any atom is 0.303 e. The highest BCUT2D eigenvalue weighted by molar-refractivity contribution is 5.66. The van der Waals surface area contributed by atoms with E-state index in [9.17, 15) is 9.59 Å². The molecule has 0 rings (SSSR count). The Morgan fingerprint density at radius 2 is 1.45 bits per heavy atom. The van der Waals surface area contributed by atoms with Gasteiger partial charge in [0.05, 0.1) is 39.6 Å². The predicted molar refractivity (Wildman–Crippen MR) is 105 cm³/mol. The third kappa shape index (κ3) is 21.2. The number of hydrogen-bond donors (Lipinski definition) is 7. The smallest absolute Gasteiger partial charge is 0.303 e. The highest BCUT2D eigenvalue weighted by Crippen LogP contribution is 2.03. The topological polar surface area (TPSA) is 178 Å². The van der Waals surface area contributed by atoms with Crippen LogP contribution in [0.25, 0.3) is 0 Å². The van der Waals surface area contributed by atoms with Crippen LogP contribution in [0.4, 0.5) is 0 Å². The van der Waals surface area contributed by atoms with Crippen molar-refractivity contribution in [3.05, 3.63) is 0 Å². The van der Waals surface area contributed by atoms with E-state index in [1.54, 1.807) is 7.05 Å². The summed E-state index contributed by atoms with van der Waals surface area (Å²) in [6.07, 6.45) is 2.10. The fourth-order valence-electron chi connectivity index (χ4n) is 2.06. The molecule has 0 unspecified atom stereocenters. The van der Waals surface area contributed by atoms with E-state index in [1.807, 2.05) is 0 Å². The third-order valence-electron chi connectivity index (χ3n) is 3.74. The molecule has 0 atom stereocenters. The Bertz CT molecular complexity index is 351. The highest BCUT2D eigenvalue weighted by atomic mass is 16.5. The zero-order valence-electron chi connectivity index (χ0n) is 17.2. The van der Waals surface area contributed by atoms with Crippen LogP contribution in [0.3, 0.4) is 0 Å². The molecule has 0 spiro atoms. The Hall–Kier alpha value is -1.34. The SMILES string of the molecule is CNCC(COC(CO)CO)COC(CO)CO.O=CNCCCCCC(=O)O. The summed E-state index contributed by atoms with van der Waals surface area (Å²) in [4.78, 5) is 19.8. The van der Waals surface area contributed by atoms with Gasteiger partial charge < -0.3 is 45.6 Å². The van der Waals surface area contributed by atoms with E-state index in [0.717, 1.165) is 12.8 Å². The average Bonchev–Trinajstić information content (AvgIpc) is 2.72. The lowest BCUT2D eigenvalue weighted by Crippen LogP contribution is -2.34. The Kier molecular flexibility index (Phi) is 23.6. The quantitative estimate of drug-likeness (QED) is 0.0897. The fourth-order valence-corrected chi connectivity index (χ4v) is 2.06. The van der Waals surface area contributed by atoms with Crippen molar-refractivity contribution < 1.29 is 44.6 Å². The van der Waals surface area contributed by atoms with E-state index in [2.05, 4.69) is 10.6 Å². The summed E-state index contributed by atoms with van der Waals surface area (Å²) in [5.74, 6) is -0.746. The van der Waals surface area contributed by atoms with Crippen molar-refractivity contribution in [1.29, 1.82) is 0 Å². The average molecular weight is 427 g/mol. The number of nitrogens with one attached hydrogen (secondary N) is 2. The first kappa shape index (κ1) is 29.9. The fraction of sp³-hybridized carbons (Fsp3) is 0.889. The Morgan fingerprint density at radius 3 is 1.83 bits per heavy atom. The minimum atomic E-state index is -0.756. The number of carboxylic acids is 1. The number of carbonyl (C=O) groups excluding carboxylic acids is 1. The molecule has 0 aromatic heterocycles. The number of aliphatic carboxylic acids is 1. The van der Waals surface area contributed by atoms with Crippen LogP contribution >= 0.6 is 0 Å². The van der Waals surface area contributed by atoms with Gasteiger partial charge in [-0.25, -0.2) is 0 Å². The lowest BCUT2D eigenvalue weighted by Gasteiger charge is -2.22. The molecule has 0 aliphatic carbocycles. The van der Waals surface area contributed by atoms with Crippen molar-refractivity contribution in [2.75, 3.05) is 59.8 Å². The van der Waals surface area contributed by atoms with Crippen LogP contribution in [0.1, 0.15) is 25.7 Å². The lowest BCUT2D eigenvalue weighted by atomic mass is 10.1. The van der Waals surface area contributed by atoms with Crippen LogP contribution in [0, 0.1) is 5.92 Å². The monoisotopic (exact) mass is 426 g/mol. The first-order chi connectivity index (χ1) is 14.0. The number of aliphatic hydroxyl groups excluding tert-OH is 4. The second kappa shape index (κ2) is 22.9. The van der Waals surface area contributed by atoms with E-state index in [1.165, 1.54) is 0 Å². The number of ether oxygens (including phenoxy) is 2. The number of amides is 1. The first-order valence-corrected chi connectivity index (χ1v) is 9.68. The van der Waals surface area contributed by atoms with Crippen LogP contribution in [-0.4, -0.2) is 110 Å². The Labute approximate surface area is 172 Å². The van der Waals surface area contributed by atoms with Crippen molar-refractivity contribution >= 4 is 12.4 Å². The molecule has 0 aromatic carbocycles. The van der Waals surface area contributed by atoms with Gasteiger partial charge in [-0.2, -0.15) is 0 Å². The molecule has 0 bridgehead atoms. The highest BCUT2D eigenvalue weighted by Gasteiger charge is 2.15. The van der Waals surface area contributed by atoms with E-state index in [4.69, 9.17) is 35.0 Å². The van der Waals surface area contributed by atoms with Gasteiger partial charge in [0, 0.05) is 25.4 Å². The van der Waals surface area contributed by atoms with Crippen molar-refractivity contribution in [2.45, 2.75) is 37.9 Å². The van der Waals surface area contributed by atoms with E-state index in [-0.39, 0.29) is 38.8 Å². The van der Waals surface area contributed by atoms with Crippen molar-refractivity contribution in [3.8, 4) is 0 Å². The normalized spacial score (nSPS) is 10.9. The molecule has 0 aliphatic rings. The molecule has 0 saturated carbocycles. The summed E-state index contributed by atoms with van der Waals surface area (Å²) in [6.45, 7) is 0.959. The minimum Gasteiger partial charge on any atom is -0.481 e. The third-order valence-corrected chi connectivity index (χ3v) is 3.74. The van der Waals surface area contributed by atoms with E-state index in [0.29, 0.717) is 39.1 Å². The number of hydrogen-bond acceptors (Lipinski definition) is 9. The zero-order chi connectivity index (χ0) is 22.3. The zero-order valence-corrected chi connectivity index (χ0v) is 17.2. The maximum absolute atomic E-state index is 10.0. The number of aliphatic hydroxyl groups is 4. The van der Waals surface area contributed by atoms with Crippen LogP contribution in [0.15, 0.2) is 0 Å². The van der Waals surface area contributed by atoms with Crippen molar-refractivity contribution in [3.63, 3.8) is 0 Å². The maximum atomic E-state index is 10.0. The first-order valence-electron chi connectivity index (χ1n) is 9.68. The van der Waals surface area contributed by atoms with E-state index >= 15 is 0 Å². The van der Waals surface area contributed by atoms with Gasteiger partial charge in [-0.3, -0.25) is 9.59 Å². The Morgan fingerprint density at radius 1 is 0.931 bits per heavy atom. The molecular weight excluding hydrogens is 388 g/mol. The summed E-state index contributed by atoms with van der Waals surface area (Å²) in [7, 11) is 1.79. The van der Waals surface area contributed by atoms with Crippen LogP contribution in [0.5, 0.6) is 0 Å². The molecule has 0 aromatic rings. The van der Waals surface area contributed by atoms with Gasteiger partial charge in [-0.1, -0.05) is 6.42 Å². The van der Waals surface area contributed by atoms with Gasteiger partial charge >= 0.3 is 5.97 Å². The number of carbonyl (C=O) groups is 2. The van der Waals surface area contributed by atoms with Gasteiger partial charge in [0.2, 0.25) is 6.41 Å². The van der Waals surface area contributed by atoms with Gasteiger partial charge in [-0.05, 0) is 19.9 Å². The second-order valence-electron chi connectivity index (χ2n) is 6.34. The van der Waals surface area contributed by atoms with Gasteiger partial charge in [-0.15, -0.1) is 0 Å². The number of rotatable bonds is 19. The van der Waals surface area contributed by atoms with E-state index < -0.39 is 18.2 Å². The molecule has 0 heterocycles. The molecule has 0 radical (unpaired) electrons. The number of carboxylic acid groups (broad SMARTS) is 1. The number of unbranched alkanes of at least 4 members (excludes halogenated alkanes) is 2. The standard InChI is InChI=1S/C11H25NO6.C7H13NO3/c1-12-2-9(7-17-10(3-13)4-14)8-18-11(5-15)6-16;9-6-8-5-3-1-2-4-7(10)11/h9-16H,2-8H2,1H3;6H,1-5H2,(H,8,9)(H,10,11). The summed E-state index contributed by atoms with van der Waals surface area (Å²) in [6, 6.07) is 0. The molecule has 0 fully saturated rings. The summed E-state index contributed by atoms with van der Waals surface area (Å²) < 4.78 is 10.6. The molecule has 7 N–H and O–H groups in total. The lowest BCUT2D eigenvalue weighted by molar-refractivity contribution is -0.137. The molecule has 0 aliphatic heterocycles. The molecule has 11 heteroatoms. The van der Waals surface area contributed by atoms with Crippen molar-refractivity contribution in [1.82, 2.24) is 10.6 Å². The summed E-state index contributed by atoms with van der Waals surface area (Å²) in [5.41, 5.74) is 0. The molecule has 29 heavy (non-hydrogen) atoms. The summed E-state index contributed by atoms with van der Waals surface area (Å²) >= 11 is 0. The van der Waals surface area contributed by atoms with Crippen LogP contribution < -0.4 is 10.6 Å². The Balaban J connectivity index is 0. The molecule has 174 valence electrons. The van der Waals surface area contributed by atoms with Gasteiger partial charge in [0.25, 0.3) is 0 Å². The van der Waals surface area contributed by atoms with Crippen LogP contribution in [-0.2, 0) is 19.1 Å². The van der Waals surface area contributed by atoms with Crippen LogP contribution in [0.2, 0.25) is 0 Å².